The van der Waals surface area contributed by atoms with Crippen molar-refractivity contribution >= 4 is 5.91 Å². The molecular weight excluding hydrogens is 170 g/mol. The third kappa shape index (κ3) is 1.36. The number of hydrogen-bond donors (Lipinski definition) is 2. The molecule has 1 unspecified atom stereocenters. The van der Waals surface area contributed by atoms with E-state index in [4.69, 9.17) is 9.94 Å². The van der Waals surface area contributed by atoms with E-state index in [9.17, 15) is 4.79 Å². The summed E-state index contributed by atoms with van der Waals surface area (Å²) in [7, 11) is 0. The van der Waals surface area contributed by atoms with Crippen molar-refractivity contribution < 1.29 is 14.7 Å². The molecule has 1 aliphatic heterocycles. The lowest BCUT2D eigenvalue weighted by Crippen LogP contribution is -2.35. The topological polar surface area (TPSA) is 58.6 Å². The second kappa shape index (κ2) is 3.06. The number of nitrogens with one attached hydrogen (secondary N) is 1. The molecule has 0 aliphatic carbocycles. The van der Waals surface area contributed by atoms with E-state index < -0.39 is 12.0 Å². The molecular formula is C9H9NO3. The molecule has 0 radical (unpaired) electrons. The lowest BCUT2D eigenvalue weighted by atomic mass is 10.1. The van der Waals surface area contributed by atoms with E-state index in [0.29, 0.717) is 6.42 Å². The van der Waals surface area contributed by atoms with Crippen LogP contribution < -0.4 is 10.2 Å². The predicted octanol–water partition coefficient (Wildman–Crippen LogP) is 0.495. The Balaban J connectivity index is 2.18. The Labute approximate surface area is 75.1 Å². The van der Waals surface area contributed by atoms with E-state index in [-0.39, 0.29) is 0 Å². The Bertz CT molecular complexity index is 312. The Morgan fingerprint density at radius 2 is 2.31 bits per heavy atom. The zero-order chi connectivity index (χ0) is 9.26. The first-order valence-corrected chi connectivity index (χ1v) is 4.00. The van der Waals surface area contributed by atoms with Crippen molar-refractivity contribution in [1.29, 1.82) is 0 Å². The summed E-state index contributed by atoms with van der Waals surface area (Å²) in [5.74, 6) is 0.215. The Kier molecular flexibility index (Phi) is 1.90. The molecule has 1 amide bonds. The maximum absolute atomic E-state index is 11.0. The molecule has 1 heterocycles. The highest BCUT2D eigenvalue weighted by Gasteiger charge is 2.28. The lowest BCUT2D eigenvalue weighted by molar-refractivity contribution is -0.135. The van der Waals surface area contributed by atoms with Gasteiger partial charge in [-0.05, 0) is 11.6 Å². The molecule has 0 saturated heterocycles. The number of rotatable bonds is 1. The maximum Gasteiger partial charge on any atom is 0.284 e. The van der Waals surface area contributed by atoms with Crippen LogP contribution in [-0.2, 0) is 11.2 Å². The van der Waals surface area contributed by atoms with Crippen molar-refractivity contribution in [1.82, 2.24) is 5.48 Å². The van der Waals surface area contributed by atoms with Crippen LogP contribution in [0.4, 0.5) is 0 Å². The third-order valence-corrected chi connectivity index (χ3v) is 2.05. The van der Waals surface area contributed by atoms with E-state index in [2.05, 4.69) is 0 Å². The highest BCUT2D eigenvalue weighted by molar-refractivity contribution is 5.81. The predicted molar refractivity (Wildman–Crippen MR) is 44.5 cm³/mol. The van der Waals surface area contributed by atoms with Gasteiger partial charge in [0.15, 0.2) is 6.10 Å². The van der Waals surface area contributed by atoms with Crippen molar-refractivity contribution in [3.63, 3.8) is 0 Å². The van der Waals surface area contributed by atoms with Crippen LogP contribution in [0.25, 0.3) is 0 Å². The average Bonchev–Trinajstić information content (AvgIpc) is 2.59. The summed E-state index contributed by atoms with van der Waals surface area (Å²) in [5.41, 5.74) is 2.57. The van der Waals surface area contributed by atoms with Gasteiger partial charge in [-0.1, -0.05) is 18.2 Å². The van der Waals surface area contributed by atoms with Gasteiger partial charge in [-0.15, -0.1) is 0 Å². The van der Waals surface area contributed by atoms with Gasteiger partial charge in [0.25, 0.3) is 5.91 Å². The molecule has 68 valence electrons. The second-order valence-corrected chi connectivity index (χ2v) is 2.89. The Morgan fingerprint density at radius 1 is 1.54 bits per heavy atom. The van der Waals surface area contributed by atoms with Gasteiger partial charge in [-0.25, -0.2) is 5.48 Å². The van der Waals surface area contributed by atoms with Crippen LogP contribution in [0.1, 0.15) is 5.56 Å². The molecule has 0 bridgehead atoms. The average molecular weight is 179 g/mol. The van der Waals surface area contributed by atoms with Gasteiger partial charge in [0.2, 0.25) is 0 Å². The van der Waals surface area contributed by atoms with Gasteiger partial charge in [0.05, 0.1) is 0 Å². The van der Waals surface area contributed by atoms with E-state index >= 15 is 0 Å². The number of ether oxygens (including phenoxy) is 1. The van der Waals surface area contributed by atoms with Crippen molar-refractivity contribution in [3.8, 4) is 5.75 Å². The molecule has 4 heteroatoms. The lowest BCUT2D eigenvalue weighted by Gasteiger charge is -2.06. The Hall–Kier alpha value is -1.55. The minimum atomic E-state index is -0.595. The summed E-state index contributed by atoms with van der Waals surface area (Å²) in [6, 6.07) is 7.44. The first-order chi connectivity index (χ1) is 6.31. The SMILES string of the molecule is O=C(NO)C1Cc2ccccc2O1. The van der Waals surface area contributed by atoms with Crippen molar-refractivity contribution in [2.45, 2.75) is 12.5 Å². The molecule has 0 aromatic heterocycles. The standard InChI is InChI=1S/C9H9NO3/c11-9(10-12)8-5-6-3-1-2-4-7(6)13-8/h1-4,8,12H,5H2,(H,10,11). The van der Waals surface area contributed by atoms with Gasteiger partial charge >= 0.3 is 0 Å². The quantitative estimate of drug-likeness (QED) is 0.487. The molecule has 2 rings (SSSR count). The van der Waals surface area contributed by atoms with E-state index in [1.165, 1.54) is 0 Å². The monoisotopic (exact) mass is 179 g/mol. The van der Waals surface area contributed by atoms with Crippen molar-refractivity contribution in [3.05, 3.63) is 29.8 Å². The van der Waals surface area contributed by atoms with Crippen molar-refractivity contribution in [2.75, 3.05) is 0 Å². The number of carbonyl (C=O) groups excluding carboxylic acids is 1. The van der Waals surface area contributed by atoms with Gasteiger partial charge in [0, 0.05) is 6.42 Å². The first-order valence-electron chi connectivity index (χ1n) is 4.00. The number of hydroxylamine groups is 1. The van der Waals surface area contributed by atoms with Crippen LogP contribution in [0, 0.1) is 0 Å². The minimum Gasteiger partial charge on any atom is -0.480 e. The van der Waals surface area contributed by atoms with Gasteiger partial charge in [-0.2, -0.15) is 0 Å². The molecule has 1 aliphatic rings. The van der Waals surface area contributed by atoms with Crippen LogP contribution in [0.2, 0.25) is 0 Å². The largest absolute Gasteiger partial charge is 0.480 e. The molecule has 4 nitrogen and oxygen atoms in total. The number of carbonyl (C=O) groups is 1. The summed E-state index contributed by atoms with van der Waals surface area (Å²) < 4.78 is 5.29. The Morgan fingerprint density at radius 3 is 3.00 bits per heavy atom. The van der Waals surface area contributed by atoms with Crippen LogP contribution in [0.15, 0.2) is 24.3 Å². The fourth-order valence-corrected chi connectivity index (χ4v) is 1.40. The molecule has 0 spiro atoms. The number of para-hydroxylation sites is 1. The molecule has 0 fully saturated rings. The fraction of sp³-hybridized carbons (Fsp3) is 0.222. The van der Waals surface area contributed by atoms with Crippen LogP contribution in [0.3, 0.4) is 0 Å². The smallest absolute Gasteiger partial charge is 0.284 e. The minimum absolute atomic E-state index is 0.504. The highest BCUT2D eigenvalue weighted by Crippen LogP contribution is 2.27. The molecule has 2 N–H and O–H groups in total. The maximum atomic E-state index is 11.0. The number of amides is 1. The molecule has 1 aromatic rings. The summed E-state index contributed by atoms with van der Waals surface area (Å²) in [4.78, 5) is 11.0. The van der Waals surface area contributed by atoms with Gasteiger partial charge < -0.3 is 4.74 Å². The van der Waals surface area contributed by atoms with E-state index in [1.807, 2.05) is 18.2 Å². The van der Waals surface area contributed by atoms with Crippen LogP contribution in [-0.4, -0.2) is 17.2 Å². The van der Waals surface area contributed by atoms with Crippen molar-refractivity contribution in [2.24, 2.45) is 0 Å². The number of fused-ring (bicyclic) bond motifs is 1. The van der Waals surface area contributed by atoms with Gasteiger partial charge in [-0.3, -0.25) is 10.0 Å². The molecule has 0 saturated carbocycles. The zero-order valence-corrected chi connectivity index (χ0v) is 6.86. The second-order valence-electron chi connectivity index (χ2n) is 2.89. The van der Waals surface area contributed by atoms with Crippen LogP contribution >= 0.6 is 0 Å². The third-order valence-electron chi connectivity index (χ3n) is 2.05. The fourth-order valence-electron chi connectivity index (χ4n) is 1.40. The molecule has 13 heavy (non-hydrogen) atoms. The summed E-state index contributed by atoms with van der Waals surface area (Å²) in [6.07, 6.45) is -0.0786. The van der Waals surface area contributed by atoms with Crippen LogP contribution in [0.5, 0.6) is 5.75 Å². The highest BCUT2D eigenvalue weighted by atomic mass is 16.5. The number of benzene rings is 1. The molecule has 1 atom stereocenters. The summed E-state index contributed by atoms with van der Waals surface area (Å²) in [6.45, 7) is 0. The zero-order valence-electron chi connectivity index (χ0n) is 6.86. The summed E-state index contributed by atoms with van der Waals surface area (Å²) in [5, 5.41) is 8.39. The van der Waals surface area contributed by atoms with E-state index in [1.54, 1.807) is 11.5 Å². The first kappa shape index (κ1) is 8.07. The normalized spacial score (nSPS) is 19.0. The number of hydrogen-bond acceptors (Lipinski definition) is 3. The summed E-state index contributed by atoms with van der Waals surface area (Å²) >= 11 is 0. The molecule has 1 aromatic carbocycles. The van der Waals surface area contributed by atoms with Gasteiger partial charge in [0.1, 0.15) is 5.75 Å². The van der Waals surface area contributed by atoms with E-state index in [0.717, 1.165) is 11.3 Å².